The second-order valence-corrected chi connectivity index (χ2v) is 16.4. The lowest BCUT2D eigenvalue weighted by Crippen LogP contribution is -2.24. The van der Waals surface area contributed by atoms with Gasteiger partial charge in [0.1, 0.15) is 0 Å². The third-order valence-corrected chi connectivity index (χ3v) is 11.6. The largest absolute Gasteiger partial charge is 0.306 e. The zero-order valence-corrected chi connectivity index (χ0v) is 30.5. The van der Waals surface area contributed by atoms with Crippen molar-refractivity contribution in [3.63, 3.8) is 0 Å². The summed E-state index contributed by atoms with van der Waals surface area (Å²) in [7, 11) is -3.61. The summed E-state index contributed by atoms with van der Waals surface area (Å²) in [6.45, 7) is 11.9. The van der Waals surface area contributed by atoms with E-state index in [0.29, 0.717) is 0 Å². The van der Waals surface area contributed by atoms with Gasteiger partial charge in [0.05, 0.1) is 44.5 Å². The van der Waals surface area contributed by atoms with Gasteiger partial charge in [-0.2, -0.15) is 0 Å². The first kappa shape index (κ1) is 33.2. The van der Waals surface area contributed by atoms with Crippen LogP contribution in [0.3, 0.4) is 0 Å². The molecule has 0 unspecified atom stereocenters. The Morgan fingerprint density at radius 1 is 0.596 bits per heavy atom. The summed E-state index contributed by atoms with van der Waals surface area (Å²) in [5.74, 6) is 0. The SMILES string of the molecule is C=C(C)S(=O)(=O)c1ccc(-c2cc(-c3ccc(C(C)(C)C)cc3)c3cccc(N4c5ccccc5N(c5ccccc5)c5ccccc54)c3n2)cc1. The van der Waals surface area contributed by atoms with E-state index in [1.165, 1.54) is 12.5 Å². The number of pyridine rings is 1. The fraction of sp³-hybridized carbons (Fsp3) is 0.109. The van der Waals surface area contributed by atoms with E-state index in [4.69, 9.17) is 4.98 Å². The smallest absolute Gasteiger partial charge is 0.201 e. The fourth-order valence-electron chi connectivity index (χ4n) is 7.02. The molecule has 0 radical (unpaired) electrons. The number of fused-ring (bicyclic) bond motifs is 3. The van der Waals surface area contributed by atoms with Gasteiger partial charge < -0.3 is 9.80 Å². The van der Waals surface area contributed by atoms with E-state index in [2.05, 4.69) is 158 Å². The highest BCUT2D eigenvalue weighted by atomic mass is 32.2. The molecule has 5 nitrogen and oxygen atoms in total. The topological polar surface area (TPSA) is 53.5 Å². The van der Waals surface area contributed by atoms with Crippen LogP contribution < -0.4 is 9.80 Å². The van der Waals surface area contributed by atoms with Gasteiger partial charge in [-0.15, -0.1) is 0 Å². The molecule has 6 aromatic carbocycles. The second-order valence-electron chi connectivity index (χ2n) is 14.3. The van der Waals surface area contributed by atoms with Crippen LogP contribution in [0.2, 0.25) is 0 Å². The van der Waals surface area contributed by atoms with E-state index in [1.807, 2.05) is 18.2 Å². The molecule has 52 heavy (non-hydrogen) atoms. The molecule has 7 aromatic rings. The molecule has 0 spiro atoms. The number of anilines is 6. The third kappa shape index (κ3) is 5.66. The fourth-order valence-corrected chi connectivity index (χ4v) is 7.91. The van der Waals surface area contributed by atoms with Crippen molar-refractivity contribution in [2.24, 2.45) is 0 Å². The summed E-state index contributed by atoms with van der Waals surface area (Å²) in [5, 5.41) is 1.02. The Hall–Kier alpha value is -5.98. The number of rotatable bonds is 6. The number of nitrogens with zero attached hydrogens (tertiary/aromatic N) is 3. The Balaban J connectivity index is 1.38. The van der Waals surface area contributed by atoms with Crippen molar-refractivity contribution in [2.45, 2.75) is 38.0 Å². The van der Waals surface area contributed by atoms with Gasteiger partial charge in [-0.05, 0) is 89.7 Å². The molecule has 1 aliphatic rings. The van der Waals surface area contributed by atoms with E-state index in [1.54, 1.807) is 12.1 Å². The lowest BCUT2D eigenvalue weighted by atomic mass is 9.86. The first-order valence-electron chi connectivity index (χ1n) is 17.4. The van der Waals surface area contributed by atoms with Crippen LogP contribution >= 0.6 is 0 Å². The molecule has 0 atom stereocenters. The number of hydrogen-bond acceptors (Lipinski definition) is 5. The summed E-state index contributed by atoms with van der Waals surface area (Å²) in [6.07, 6.45) is 0. The highest BCUT2D eigenvalue weighted by molar-refractivity contribution is 7.95. The highest BCUT2D eigenvalue weighted by Crippen LogP contribution is 2.55. The molecule has 0 amide bonds. The average molecular weight is 698 g/mol. The van der Waals surface area contributed by atoms with Crippen LogP contribution in [-0.4, -0.2) is 13.4 Å². The minimum Gasteiger partial charge on any atom is -0.306 e. The number of aromatic nitrogens is 1. The Kier molecular flexibility index (Phi) is 8.08. The minimum atomic E-state index is -3.61. The summed E-state index contributed by atoms with van der Waals surface area (Å²) >= 11 is 0. The van der Waals surface area contributed by atoms with Crippen molar-refractivity contribution in [3.05, 3.63) is 169 Å². The van der Waals surface area contributed by atoms with Gasteiger partial charge in [0.15, 0.2) is 0 Å². The van der Waals surface area contributed by atoms with Crippen molar-refractivity contribution in [2.75, 3.05) is 9.80 Å². The Morgan fingerprint density at radius 2 is 1.12 bits per heavy atom. The Labute approximate surface area is 306 Å². The molecule has 0 fully saturated rings. The van der Waals surface area contributed by atoms with Crippen LogP contribution in [0.4, 0.5) is 34.1 Å². The van der Waals surface area contributed by atoms with Gasteiger partial charge in [-0.25, -0.2) is 13.4 Å². The van der Waals surface area contributed by atoms with Crippen LogP contribution in [0.15, 0.2) is 168 Å². The third-order valence-electron chi connectivity index (χ3n) is 9.78. The van der Waals surface area contributed by atoms with Crippen molar-refractivity contribution in [3.8, 4) is 22.4 Å². The molecule has 256 valence electrons. The molecular formula is C46H39N3O2S. The van der Waals surface area contributed by atoms with Gasteiger partial charge in [0, 0.05) is 21.5 Å². The second kappa shape index (κ2) is 12.7. The summed E-state index contributed by atoms with van der Waals surface area (Å²) in [6, 6.07) is 51.7. The summed E-state index contributed by atoms with van der Waals surface area (Å²) in [5.41, 5.74) is 12.0. The highest BCUT2D eigenvalue weighted by Gasteiger charge is 2.31. The molecule has 2 heterocycles. The zero-order chi connectivity index (χ0) is 36.2. The molecule has 8 rings (SSSR count). The van der Waals surface area contributed by atoms with Crippen molar-refractivity contribution < 1.29 is 8.42 Å². The molecule has 0 saturated heterocycles. The van der Waals surface area contributed by atoms with Gasteiger partial charge in [-0.1, -0.05) is 118 Å². The Morgan fingerprint density at radius 3 is 1.67 bits per heavy atom. The molecule has 1 aromatic heterocycles. The quantitative estimate of drug-likeness (QED) is 0.173. The van der Waals surface area contributed by atoms with E-state index in [9.17, 15) is 8.42 Å². The number of para-hydroxylation sites is 6. The maximum Gasteiger partial charge on any atom is 0.201 e. The molecule has 1 aliphatic heterocycles. The van der Waals surface area contributed by atoms with E-state index < -0.39 is 9.84 Å². The Bertz CT molecular complexity index is 2540. The van der Waals surface area contributed by atoms with Gasteiger partial charge in [0.2, 0.25) is 9.84 Å². The number of allylic oxidation sites excluding steroid dienone is 1. The average Bonchev–Trinajstić information content (AvgIpc) is 3.16. The normalized spacial score (nSPS) is 12.8. The zero-order valence-electron chi connectivity index (χ0n) is 29.7. The van der Waals surface area contributed by atoms with Gasteiger partial charge in [-0.3, -0.25) is 0 Å². The number of benzene rings is 6. The predicted molar refractivity (Wildman–Crippen MR) is 216 cm³/mol. The molecule has 6 heteroatoms. The van der Waals surface area contributed by atoms with Crippen LogP contribution in [-0.2, 0) is 15.3 Å². The van der Waals surface area contributed by atoms with Crippen LogP contribution in [0.1, 0.15) is 33.3 Å². The summed E-state index contributed by atoms with van der Waals surface area (Å²) < 4.78 is 25.8. The van der Waals surface area contributed by atoms with Gasteiger partial charge >= 0.3 is 0 Å². The molecule has 0 N–H and O–H groups in total. The maximum absolute atomic E-state index is 12.9. The molecular weight excluding hydrogens is 659 g/mol. The van der Waals surface area contributed by atoms with Gasteiger partial charge in [0.25, 0.3) is 0 Å². The van der Waals surface area contributed by atoms with Crippen molar-refractivity contribution >= 4 is 54.9 Å². The molecule has 0 saturated carbocycles. The lowest BCUT2D eigenvalue weighted by Gasteiger charge is -2.40. The molecule has 0 aliphatic carbocycles. The summed E-state index contributed by atoms with van der Waals surface area (Å²) in [4.78, 5) is 10.4. The van der Waals surface area contributed by atoms with Crippen molar-refractivity contribution in [1.29, 1.82) is 0 Å². The first-order chi connectivity index (χ1) is 25.0. The predicted octanol–water partition coefficient (Wildman–Crippen LogP) is 12.4. The van der Waals surface area contributed by atoms with Crippen molar-refractivity contribution in [1.82, 2.24) is 4.98 Å². The van der Waals surface area contributed by atoms with Crippen LogP contribution in [0, 0.1) is 0 Å². The first-order valence-corrected chi connectivity index (χ1v) is 18.9. The minimum absolute atomic E-state index is 0.0196. The molecule has 0 bridgehead atoms. The van der Waals surface area contributed by atoms with E-state index >= 15 is 0 Å². The van der Waals surface area contributed by atoms with E-state index in [-0.39, 0.29) is 15.2 Å². The maximum atomic E-state index is 12.9. The standard InChI is InChI=1S/C46H39N3O2S/c1-31(2)52(50,51)36-28-24-33(25-29-36)39-30-38(32-22-26-34(27-23-32)46(3,4)5)37-16-13-21-44(45(37)47-39)49-42-19-11-9-17-40(42)48(35-14-7-6-8-15-35)41-18-10-12-20-43(41)49/h6-30H,1H2,2-5H3. The monoisotopic (exact) mass is 697 g/mol. The van der Waals surface area contributed by atoms with Crippen LogP contribution in [0.5, 0.6) is 0 Å². The number of sulfone groups is 1. The van der Waals surface area contributed by atoms with Crippen LogP contribution in [0.25, 0.3) is 33.3 Å². The van der Waals surface area contributed by atoms with E-state index in [0.717, 1.165) is 67.4 Å². The number of hydrogen-bond donors (Lipinski definition) is 0. The lowest BCUT2D eigenvalue weighted by molar-refractivity contribution is 0.590.